The third-order valence-corrected chi connectivity index (χ3v) is 6.51. The number of nitrogens with one attached hydrogen (secondary N) is 1. The van der Waals surface area contributed by atoms with Crippen LogP contribution < -0.4 is 15.8 Å². The van der Waals surface area contributed by atoms with Gasteiger partial charge in [-0.25, -0.2) is 18.7 Å². The van der Waals surface area contributed by atoms with Crippen LogP contribution in [0.1, 0.15) is 35.3 Å². The highest BCUT2D eigenvalue weighted by atomic mass is 32.2. The number of amides is 1. The van der Waals surface area contributed by atoms with E-state index in [4.69, 9.17) is 5.73 Å². The van der Waals surface area contributed by atoms with Crippen molar-refractivity contribution in [2.45, 2.75) is 37.6 Å². The first kappa shape index (κ1) is 22.3. The van der Waals surface area contributed by atoms with Gasteiger partial charge < -0.3 is 15.8 Å². The first-order chi connectivity index (χ1) is 15.3. The van der Waals surface area contributed by atoms with Crippen molar-refractivity contribution in [1.29, 1.82) is 0 Å². The number of aromatic nitrogens is 2. The molecule has 1 aromatic heterocycles. The molecule has 0 spiro atoms. The van der Waals surface area contributed by atoms with Crippen LogP contribution in [0.25, 0.3) is 0 Å². The number of rotatable bonds is 5. The van der Waals surface area contributed by atoms with Crippen LogP contribution in [0.15, 0.2) is 35.6 Å². The topological polar surface area (TPSA) is 102 Å². The number of carbonyl (C=O) groups excluding carboxylic acids is 1. The molecule has 7 nitrogen and oxygen atoms in total. The summed E-state index contributed by atoms with van der Waals surface area (Å²) in [7, 11) is 0. The molecule has 0 saturated heterocycles. The SMILES string of the molecule is NC1=N[C@@]2(c3cc(NC(=O)c4cnc(OC(F)F)cn4)ccc3F)CC[C@H](F)C[C@H]2CS1. The normalized spacial score (nSPS) is 25.1. The number of aliphatic imine (C=N–C) groups is 1. The number of hydrogen-bond donors (Lipinski definition) is 2. The lowest BCUT2D eigenvalue weighted by Gasteiger charge is -2.45. The van der Waals surface area contributed by atoms with E-state index in [2.05, 4.69) is 25.0 Å². The third kappa shape index (κ3) is 4.50. The van der Waals surface area contributed by atoms with Crippen LogP contribution in [0.3, 0.4) is 0 Å². The van der Waals surface area contributed by atoms with Gasteiger partial charge in [0.25, 0.3) is 5.91 Å². The second-order valence-corrected chi connectivity index (χ2v) is 8.56. The van der Waals surface area contributed by atoms with E-state index < -0.39 is 35.9 Å². The number of alkyl halides is 3. The van der Waals surface area contributed by atoms with Gasteiger partial charge in [0, 0.05) is 22.9 Å². The van der Waals surface area contributed by atoms with E-state index in [1.54, 1.807) is 0 Å². The zero-order valence-corrected chi connectivity index (χ0v) is 17.4. The number of thioether (sulfide) groups is 1. The molecule has 170 valence electrons. The highest BCUT2D eigenvalue weighted by molar-refractivity contribution is 8.13. The van der Waals surface area contributed by atoms with Gasteiger partial charge in [-0.2, -0.15) is 8.78 Å². The first-order valence-corrected chi connectivity index (χ1v) is 10.8. The van der Waals surface area contributed by atoms with Crippen molar-refractivity contribution in [2.75, 3.05) is 11.1 Å². The highest BCUT2D eigenvalue weighted by Crippen LogP contribution is 2.50. The minimum absolute atomic E-state index is 0.150. The van der Waals surface area contributed by atoms with E-state index >= 15 is 0 Å². The van der Waals surface area contributed by atoms with E-state index in [-0.39, 0.29) is 35.7 Å². The lowest BCUT2D eigenvalue weighted by Crippen LogP contribution is -2.45. The van der Waals surface area contributed by atoms with E-state index in [1.165, 1.54) is 30.0 Å². The molecule has 3 atom stereocenters. The minimum Gasteiger partial charge on any atom is -0.415 e. The van der Waals surface area contributed by atoms with Crippen LogP contribution in [0, 0.1) is 11.7 Å². The number of hydrogen-bond acceptors (Lipinski definition) is 7. The van der Waals surface area contributed by atoms with Crippen LogP contribution in [0.2, 0.25) is 0 Å². The summed E-state index contributed by atoms with van der Waals surface area (Å²) >= 11 is 1.32. The van der Waals surface area contributed by atoms with E-state index in [1.807, 2.05) is 0 Å². The van der Waals surface area contributed by atoms with Crippen molar-refractivity contribution in [3.05, 3.63) is 47.7 Å². The lowest BCUT2D eigenvalue weighted by atomic mass is 9.69. The zero-order chi connectivity index (χ0) is 22.9. The molecule has 2 aliphatic rings. The Balaban J connectivity index is 1.60. The summed E-state index contributed by atoms with van der Waals surface area (Å²) in [6.07, 6.45) is 1.68. The zero-order valence-electron chi connectivity index (χ0n) is 16.6. The molecule has 1 aliphatic heterocycles. The van der Waals surface area contributed by atoms with Crippen molar-refractivity contribution in [1.82, 2.24) is 9.97 Å². The molecule has 1 aliphatic carbocycles. The second-order valence-electron chi connectivity index (χ2n) is 7.52. The van der Waals surface area contributed by atoms with Crippen molar-refractivity contribution in [3.63, 3.8) is 0 Å². The molecule has 1 fully saturated rings. The maximum Gasteiger partial charge on any atom is 0.388 e. The van der Waals surface area contributed by atoms with Gasteiger partial charge in [-0.3, -0.25) is 9.79 Å². The Morgan fingerprint density at radius 2 is 2.12 bits per heavy atom. The summed E-state index contributed by atoms with van der Waals surface area (Å²) in [5, 5.41) is 2.89. The second kappa shape index (κ2) is 8.93. The van der Waals surface area contributed by atoms with Gasteiger partial charge >= 0.3 is 6.61 Å². The molecule has 0 radical (unpaired) electrons. The van der Waals surface area contributed by atoms with E-state index in [9.17, 15) is 22.4 Å². The predicted molar refractivity (Wildman–Crippen MR) is 111 cm³/mol. The minimum atomic E-state index is -3.06. The summed E-state index contributed by atoms with van der Waals surface area (Å²) < 4.78 is 57.5. The van der Waals surface area contributed by atoms with Crippen LogP contribution >= 0.6 is 11.8 Å². The molecule has 1 saturated carbocycles. The van der Waals surface area contributed by atoms with Crippen molar-refractivity contribution in [3.8, 4) is 5.88 Å². The summed E-state index contributed by atoms with van der Waals surface area (Å²) in [6.45, 7) is -3.06. The fourth-order valence-corrected chi connectivity index (χ4v) is 5.11. The third-order valence-electron chi connectivity index (χ3n) is 5.56. The Labute approximate surface area is 184 Å². The number of ether oxygens (including phenoxy) is 1. The quantitative estimate of drug-likeness (QED) is 0.645. The number of amidine groups is 1. The Hall–Kier alpha value is -2.89. The van der Waals surface area contributed by atoms with Gasteiger partial charge in [-0.1, -0.05) is 11.8 Å². The largest absolute Gasteiger partial charge is 0.415 e. The number of carbonyl (C=O) groups is 1. The number of anilines is 1. The summed E-state index contributed by atoms with van der Waals surface area (Å²) in [5.41, 5.74) is 5.29. The fourth-order valence-electron chi connectivity index (χ4n) is 4.10. The van der Waals surface area contributed by atoms with Crippen LogP contribution in [-0.4, -0.2) is 39.6 Å². The van der Waals surface area contributed by atoms with Crippen LogP contribution in [0.4, 0.5) is 23.2 Å². The first-order valence-electron chi connectivity index (χ1n) is 9.77. The fraction of sp³-hybridized carbons (Fsp3) is 0.400. The number of fused-ring (bicyclic) bond motifs is 1. The van der Waals surface area contributed by atoms with Crippen molar-refractivity contribution >= 4 is 28.5 Å². The molecular formula is C20H19F4N5O2S. The van der Waals surface area contributed by atoms with Gasteiger partial charge in [-0.15, -0.1) is 0 Å². The average molecular weight is 469 g/mol. The standard InChI is InChI=1S/C20H19F4N5O2S/c21-11-3-4-20(10(5-11)9-32-19(25)29-20)13-6-12(1-2-14(13)22)28-17(30)15-7-27-16(8-26-15)31-18(23)24/h1-2,6-8,10-11,18H,3-5,9H2,(H2,25,29)(H,28,30)/t10-,11-,20-/m0/s1. The van der Waals surface area contributed by atoms with Gasteiger partial charge in [0.15, 0.2) is 5.17 Å². The van der Waals surface area contributed by atoms with Crippen molar-refractivity contribution < 1.29 is 27.1 Å². The Morgan fingerprint density at radius 3 is 2.84 bits per heavy atom. The molecule has 1 aromatic carbocycles. The molecule has 0 unspecified atom stereocenters. The van der Waals surface area contributed by atoms with E-state index in [0.717, 1.165) is 12.4 Å². The molecule has 3 N–H and O–H groups in total. The maximum absolute atomic E-state index is 14.9. The van der Waals surface area contributed by atoms with Gasteiger partial charge in [0.1, 0.15) is 17.7 Å². The van der Waals surface area contributed by atoms with Gasteiger partial charge in [0.2, 0.25) is 5.88 Å². The highest BCUT2D eigenvalue weighted by Gasteiger charge is 2.48. The van der Waals surface area contributed by atoms with Gasteiger partial charge in [0.05, 0.1) is 17.9 Å². The predicted octanol–water partition coefficient (Wildman–Crippen LogP) is 3.86. The number of benzene rings is 1. The maximum atomic E-state index is 14.9. The average Bonchev–Trinajstić information content (AvgIpc) is 2.75. The number of nitrogens with two attached hydrogens (primary N) is 1. The summed E-state index contributed by atoms with van der Waals surface area (Å²) in [4.78, 5) is 24.4. The molecule has 0 bridgehead atoms. The van der Waals surface area contributed by atoms with Gasteiger partial charge in [-0.05, 0) is 37.5 Å². The molecule has 4 rings (SSSR count). The molecule has 2 aromatic rings. The van der Waals surface area contributed by atoms with Crippen LogP contribution in [-0.2, 0) is 5.54 Å². The smallest absolute Gasteiger partial charge is 0.388 e. The molecular weight excluding hydrogens is 450 g/mol. The lowest BCUT2D eigenvalue weighted by molar-refractivity contribution is -0.0531. The Morgan fingerprint density at radius 1 is 1.31 bits per heavy atom. The van der Waals surface area contributed by atoms with E-state index in [0.29, 0.717) is 17.3 Å². The van der Waals surface area contributed by atoms with Crippen LogP contribution in [0.5, 0.6) is 5.88 Å². The molecule has 12 heteroatoms. The summed E-state index contributed by atoms with van der Waals surface area (Å²) in [6, 6.07) is 4.04. The monoisotopic (exact) mass is 469 g/mol. The molecule has 1 amide bonds. The number of halogens is 4. The molecule has 32 heavy (non-hydrogen) atoms. The Bertz CT molecular complexity index is 1040. The molecule has 2 heterocycles. The Kier molecular flexibility index (Phi) is 6.22. The summed E-state index contributed by atoms with van der Waals surface area (Å²) in [5.74, 6) is -1.35. The number of nitrogens with zero attached hydrogens (tertiary/aromatic N) is 3. The van der Waals surface area contributed by atoms with Crippen molar-refractivity contribution in [2.24, 2.45) is 16.6 Å².